The number of aromatic nitrogens is 2. The number of carbonyl (C=O) groups is 1. The van der Waals surface area contributed by atoms with E-state index in [0.29, 0.717) is 40.3 Å². The second-order valence-corrected chi connectivity index (χ2v) is 5.66. The van der Waals surface area contributed by atoms with E-state index >= 15 is 0 Å². The molecule has 2 aromatic rings. The summed E-state index contributed by atoms with van der Waals surface area (Å²) in [5, 5.41) is 4.95. The fourth-order valence-electron chi connectivity index (χ4n) is 2.23. The van der Waals surface area contributed by atoms with Gasteiger partial charge in [-0.2, -0.15) is 4.98 Å². The third-order valence-electron chi connectivity index (χ3n) is 3.25. The average molecular weight is 312 g/mol. The van der Waals surface area contributed by atoms with E-state index in [9.17, 15) is 4.79 Å². The van der Waals surface area contributed by atoms with Crippen molar-refractivity contribution in [2.75, 3.05) is 13.6 Å². The van der Waals surface area contributed by atoms with Gasteiger partial charge in [0, 0.05) is 35.6 Å². The van der Waals surface area contributed by atoms with Crippen LogP contribution >= 0.6 is 23.2 Å². The second-order valence-electron chi connectivity index (χ2n) is 4.79. The SMILES string of the molecule is CN1C[C@H](c2nc(-c3cc(Cl)cc(Cl)c3)no2)CC1=O. The molecule has 1 amide bonds. The fourth-order valence-corrected chi connectivity index (χ4v) is 2.76. The number of benzene rings is 1. The largest absolute Gasteiger partial charge is 0.345 e. The van der Waals surface area contributed by atoms with Crippen LogP contribution in [0.3, 0.4) is 0 Å². The molecule has 0 bridgehead atoms. The monoisotopic (exact) mass is 311 g/mol. The first-order valence-electron chi connectivity index (χ1n) is 6.07. The molecule has 3 rings (SSSR count). The minimum atomic E-state index is -0.0524. The Morgan fingerprint density at radius 3 is 2.60 bits per heavy atom. The van der Waals surface area contributed by atoms with Crippen molar-refractivity contribution in [3.05, 3.63) is 34.1 Å². The first-order chi connectivity index (χ1) is 9.52. The molecule has 104 valence electrons. The summed E-state index contributed by atoms with van der Waals surface area (Å²) in [6, 6.07) is 5.07. The molecule has 1 aliphatic heterocycles. The topological polar surface area (TPSA) is 59.2 Å². The molecule has 1 fully saturated rings. The van der Waals surface area contributed by atoms with Crippen LogP contribution < -0.4 is 0 Å². The Bertz CT molecular complexity index is 651. The first-order valence-corrected chi connectivity index (χ1v) is 6.82. The number of carbonyl (C=O) groups excluding carboxylic acids is 1. The van der Waals surface area contributed by atoms with Gasteiger partial charge < -0.3 is 9.42 Å². The van der Waals surface area contributed by atoms with Crippen LogP contribution in [0.15, 0.2) is 22.7 Å². The summed E-state index contributed by atoms with van der Waals surface area (Å²) < 4.78 is 5.25. The van der Waals surface area contributed by atoms with E-state index in [1.165, 1.54) is 0 Å². The Balaban J connectivity index is 1.89. The summed E-state index contributed by atoms with van der Waals surface area (Å²) >= 11 is 11.9. The van der Waals surface area contributed by atoms with Gasteiger partial charge in [-0.15, -0.1) is 0 Å². The van der Waals surface area contributed by atoms with Crippen LogP contribution in [0.25, 0.3) is 11.4 Å². The number of amides is 1. The van der Waals surface area contributed by atoms with Crippen molar-refractivity contribution in [3.63, 3.8) is 0 Å². The van der Waals surface area contributed by atoms with Gasteiger partial charge in [-0.25, -0.2) is 0 Å². The molecule has 0 unspecified atom stereocenters. The van der Waals surface area contributed by atoms with Gasteiger partial charge in [0.25, 0.3) is 0 Å². The van der Waals surface area contributed by atoms with Gasteiger partial charge in [-0.05, 0) is 18.2 Å². The number of likely N-dealkylation sites (tertiary alicyclic amines) is 1. The van der Waals surface area contributed by atoms with E-state index in [4.69, 9.17) is 27.7 Å². The summed E-state index contributed by atoms with van der Waals surface area (Å²) in [6.45, 7) is 0.594. The summed E-state index contributed by atoms with van der Waals surface area (Å²) in [5.41, 5.74) is 0.690. The van der Waals surface area contributed by atoms with Crippen molar-refractivity contribution in [2.45, 2.75) is 12.3 Å². The normalized spacial score (nSPS) is 18.9. The number of rotatable bonds is 2. The lowest BCUT2D eigenvalue weighted by Gasteiger charge is -2.05. The lowest BCUT2D eigenvalue weighted by Crippen LogP contribution is -2.18. The number of halogens is 2. The van der Waals surface area contributed by atoms with E-state index in [2.05, 4.69) is 10.1 Å². The third-order valence-corrected chi connectivity index (χ3v) is 3.69. The molecule has 1 atom stereocenters. The van der Waals surface area contributed by atoms with Gasteiger partial charge in [-0.1, -0.05) is 28.4 Å². The van der Waals surface area contributed by atoms with Crippen LogP contribution in [0.5, 0.6) is 0 Å². The highest BCUT2D eigenvalue weighted by Crippen LogP contribution is 2.29. The van der Waals surface area contributed by atoms with Crippen molar-refractivity contribution in [1.82, 2.24) is 15.0 Å². The van der Waals surface area contributed by atoms with Crippen molar-refractivity contribution >= 4 is 29.1 Å². The molecule has 7 heteroatoms. The molecular weight excluding hydrogens is 301 g/mol. The molecule has 20 heavy (non-hydrogen) atoms. The highest BCUT2D eigenvalue weighted by atomic mass is 35.5. The van der Waals surface area contributed by atoms with Crippen LogP contribution in [0.2, 0.25) is 10.0 Å². The number of likely N-dealkylation sites (N-methyl/N-ethyl adjacent to an activating group) is 1. The molecule has 1 saturated heterocycles. The van der Waals surface area contributed by atoms with Crippen LogP contribution in [-0.2, 0) is 4.79 Å². The summed E-state index contributed by atoms with van der Waals surface area (Å²) in [4.78, 5) is 17.5. The minimum absolute atomic E-state index is 0.0524. The zero-order valence-corrected chi connectivity index (χ0v) is 12.1. The maximum absolute atomic E-state index is 11.5. The molecule has 0 spiro atoms. The van der Waals surface area contributed by atoms with Crippen molar-refractivity contribution < 1.29 is 9.32 Å². The standard InChI is InChI=1S/C13H11Cl2N3O2/c1-18-6-8(4-11(18)19)13-16-12(17-20-13)7-2-9(14)5-10(15)3-7/h2-3,5,8H,4,6H2,1H3/t8-/m1/s1. The minimum Gasteiger partial charge on any atom is -0.345 e. The summed E-state index contributed by atoms with van der Waals surface area (Å²) in [5.74, 6) is 0.921. The Kier molecular flexibility index (Phi) is 3.40. The molecule has 0 radical (unpaired) electrons. The number of hydrogen-bond donors (Lipinski definition) is 0. The van der Waals surface area contributed by atoms with E-state index in [-0.39, 0.29) is 11.8 Å². The average Bonchev–Trinajstić information content (AvgIpc) is 2.96. The van der Waals surface area contributed by atoms with Gasteiger partial charge in [0.1, 0.15) is 0 Å². The maximum atomic E-state index is 11.5. The highest BCUT2D eigenvalue weighted by molar-refractivity contribution is 6.35. The van der Waals surface area contributed by atoms with Crippen molar-refractivity contribution in [2.24, 2.45) is 0 Å². The van der Waals surface area contributed by atoms with E-state index in [1.54, 1.807) is 30.1 Å². The Hall–Kier alpha value is -1.59. The van der Waals surface area contributed by atoms with E-state index in [1.807, 2.05) is 0 Å². The molecule has 0 aliphatic carbocycles. The molecule has 5 nitrogen and oxygen atoms in total. The zero-order valence-electron chi connectivity index (χ0n) is 10.6. The van der Waals surface area contributed by atoms with Gasteiger partial charge in [0.05, 0.1) is 5.92 Å². The van der Waals surface area contributed by atoms with Crippen LogP contribution in [0.4, 0.5) is 0 Å². The van der Waals surface area contributed by atoms with Crippen LogP contribution in [0, 0.1) is 0 Å². The third kappa shape index (κ3) is 2.51. The first kappa shape index (κ1) is 13.4. The van der Waals surface area contributed by atoms with Gasteiger partial charge in [0.2, 0.25) is 17.6 Å². The van der Waals surface area contributed by atoms with Gasteiger partial charge >= 0.3 is 0 Å². The predicted molar refractivity (Wildman–Crippen MR) is 74.7 cm³/mol. The Labute approximate surface area is 125 Å². The number of hydrogen-bond acceptors (Lipinski definition) is 4. The predicted octanol–water partition coefficient (Wildman–Crippen LogP) is 2.99. The quantitative estimate of drug-likeness (QED) is 0.855. The fraction of sp³-hybridized carbons (Fsp3) is 0.308. The van der Waals surface area contributed by atoms with Crippen LogP contribution in [-0.4, -0.2) is 34.5 Å². The smallest absolute Gasteiger partial charge is 0.232 e. The van der Waals surface area contributed by atoms with Gasteiger partial charge in [0.15, 0.2) is 0 Å². The Morgan fingerprint density at radius 1 is 1.30 bits per heavy atom. The second kappa shape index (κ2) is 5.07. The van der Waals surface area contributed by atoms with Gasteiger partial charge in [-0.3, -0.25) is 4.79 Å². The van der Waals surface area contributed by atoms with Crippen molar-refractivity contribution in [1.29, 1.82) is 0 Å². The molecule has 0 saturated carbocycles. The molecule has 0 N–H and O–H groups in total. The molecule has 2 heterocycles. The van der Waals surface area contributed by atoms with Crippen LogP contribution in [0.1, 0.15) is 18.2 Å². The molecule has 1 aliphatic rings. The molecule has 1 aromatic heterocycles. The maximum Gasteiger partial charge on any atom is 0.232 e. The zero-order chi connectivity index (χ0) is 14.3. The molecule has 1 aromatic carbocycles. The molecular formula is C13H11Cl2N3O2. The lowest BCUT2D eigenvalue weighted by molar-refractivity contribution is -0.126. The number of nitrogens with zero attached hydrogens (tertiary/aromatic N) is 3. The van der Waals surface area contributed by atoms with Crippen molar-refractivity contribution in [3.8, 4) is 11.4 Å². The Morgan fingerprint density at radius 2 is 2.00 bits per heavy atom. The summed E-state index contributed by atoms with van der Waals surface area (Å²) in [6.07, 6.45) is 0.397. The van der Waals surface area contributed by atoms with E-state index < -0.39 is 0 Å². The van der Waals surface area contributed by atoms with E-state index in [0.717, 1.165) is 0 Å². The highest BCUT2D eigenvalue weighted by Gasteiger charge is 2.32. The lowest BCUT2D eigenvalue weighted by atomic mass is 10.1. The summed E-state index contributed by atoms with van der Waals surface area (Å²) in [7, 11) is 1.76.